The highest BCUT2D eigenvalue weighted by Gasteiger charge is 2.27. The Kier molecular flexibility index (Phi) is 6.79. The molecule has 0 radical (unpaired) electrons. The zero-order valence-electron chi connectivity index (χ0n) is 15.3. The minimum Gasteiger partial charge on any atom is -0.342 e. The standard InChI is InChI=1S/C19H28FN3O2/c1-4-14(5-2)18(24)23-10-8-15(9-11-23)21-19(25)22-16-7-6-13(3)17(20)12-16/h6-7,12,14-15H,4-5,8-11H2,1-3H3,(H2,21,22,25). The summed E-state index contributed by atoms with van der Waals surface area (Å²) in [6.45, 7) is 7.09. The van der Waals surface area contributed by atoms with E-state index in [1.165, 1.54) is 6.07 Å². The van der Waals surface area contributed by atoms with Gasteiger partial charge in [0.15, 0.2) is 0 Å². The Morgan fingerprint density at radius 2 is 1.88 bits per heavy atom. The Hall–Kier alpha value is -2.11. The van der Waals surface area contributed by atoms with E-state index in [0.29, 0.717) is 24.3 Å². The molecule has 3 amide bonds. The maximum atomic E-state index is 13.5. The van der Waals surface area contributed by atoms with Crippen LogP contribution in [0.3, 0.4) is 0 Å². The van der Waals surface area contributed by atoms with Gasteiger partial charge >= 0.3 is 6.03 Å². The van der Waals surface area contributed by atoms with E-state index in [0.717, 1.165) is 25.7 Å². The van der Waals surface area contributed by atoms with Gasteiger partial charge in [-0.2, -0.15) is 0 Å². The predicted octanol–water partition coefficient (Wildman–Crippen LogP) is 3.68. The normalized spacial score (nSPS) is 15.3. The number of anilines is 1. The van der Waals surface area contributed by atoms with E-state index in [2.05, 4.69) is 10.6 Å². The van der Waals surface area contributed by atoms with Crippen molar-refractivity contribution in [2.75, 3.05) is 18.4 Å². The van der Waals surface area contributed by atoms with Gasteiger partial charge in [0.25, 0.3) is 0 Å². The minimum absolute atomic E-state index is 0.0287. The predicted molar refractivity (Wildman–Crippen MR) is 97.0 cm³/mol. The van der Waals surface area contributed by atoms with Crippen LogP contribution in [0.2, 0.25) is 0 Å². The van der Waals surface area contributed by atoms with Crippen molar-refractivity contribution in [3.8, 4) is 0 Å². The first-order valence-electron chi connectivity index (χ1n) is 9.07. The third kappa shape index (κ3) is 5.18. The van der Waals surface area contributed by atoms with Crippen LogP contribution < -0.4 is 10.6 Å². The number of aryl methyl sites for hydroxylation is 1. The van der Waals surface area contributed by atoms with E-state index >= 15 is 0 Å². The second kappa shape index (κ2) is 8.83. The van der Waals surface area contributed by atoms with Gasteiger partial charge in [-0.1, -0.05) is 19.9 Å². The molecule has 0 saturated carbocycles. The summed E-state index contributed by atoms with van der Waals surface area (Å²) in [5.74, 6) is -0.0155. The molecule has 1 saturated heterocycles. The molecule has 138 valence electrons. The lowest BCUT2D eigenvalue weighted by molar-refractivity contribution is -0.136. The number of piperidine rings is 1. The van der Waals surface area contributed by atoms with Crippen molar-refractivity contribution >= 4 is 17.6 Å². The van der Waals surface area contributed by atoms with Crippen molar-refractivity contribution < 1.29 is 14.0 Å². The van der Waals surface area contributed by atoms with Gasteiger partial charge in [0.1, 0.15) is 5.82 Å². The third-order valence-electron chi connectivity index (χ3n) is 4.91. The van der Waals surface area contributed by atoms with Crippen LogP contribution in [-0.4, -0.2) is 36.0 Å². The van der Waals surface area contributed by atoms with Gasteiger partial charge in [-0.15, -0.1) is 0 Å². The van der Waals surface area contributed by atoms with Crippen molar-refractivity contribution in [1.82, 2.24) is 10.2 Å². The van der Waals surface area contributed by atoms with Crippen molar-refractivity contribution in [2.24, 2.45) is 5.92 Å². The molecule has 1 aliphatic rings. The summed E-state index contributed by atoms with van der Waals surface area (Å²) >= 11 is 0. The molecular formula is C19H28FN3O2. The van der Waals surface area contributed by atoms with Crippen molar-refractivity contribution in [3.05, 3.63) is 29.6 Å². The number of benzene rings is 1. The molecule has 1 aromatic carbocycles. The molecule has 5 nitrogen and oxygen atoms in total. The molecule has 0 bridgehead atoms. The lowest BCUT2D eigenvalue weighted by atomic mass is 9.98. The smallest absolute Gasteiger partial charge is 0.319 e. The zero-order valence-corrected chi connectivity index (χ0v) is 15.3. The van der Waals surface area contributed by atoms with Gasteiger partial charge in [0, 0.05) is 30.7 Å². The highest BCUT2D eigenvalue weighted by molar-refractivity contribution is 5.89. The van der Waals surface area contributed by atoms with Gasteiger partial charge in [-0.05, 0) is 50.3 Å². The number of amides is 3. The highest BCUT2D eigenvalue weighted by atomic mass is 19.1. The van der Waals surface area contributed by atoms with Gasteiger partial charge in [-0.25, -0.2) is 9.18 Å². The molecule has 0 atom stereocenters. The number of halogens is 1. The molecule has 25 heavy (non-hydrogen) atoms. The Morgan fingerprint density at radius 3 is 2.44 bits per heavy atom. The van der Waals surface area contributed by atoms with Crippen molar-refractivity contribution in [3.63, 3.8) is 0 Å². The second-order valence-corrected chi connectivity index (χ2v) is 6.68. The first kappa shape index (κ1) is 19.2. The number of urea groups is 1. The van der Waals surface area contributed by atoms with E-state index in [1.54, 1.807) is 19.1 Å². The molecule has 0 aliphatic carbocycles. The lowest BCUT2D eigenvalue weighted by Crippen LogP contribution is -2.48. The number of nitrogens with one attached hydrogen (secondary N) is 2. The Balaban J connectivity index is 1.80. The van der Waals surface area contributed by atoms with Crippen LogP contribution in [0.4, 0.5) is 14.9 Å². The van der Waals surface area contributed by atoms with Crippen LogP contribution in [0, 0.1) is 18.7 Å². The maximum absolute atomic E-state index is 13.5. The summed E-state index contributed by atoms with van der Waals surface area (Å²) in [7, 11) is 0. The number of rotatable bonds is 5. The van der Waals surface area contributed by atoms with Crippen molar-refractivity contribution in [2.45, 2.75) is 52.5 Å². The number of carbonyl (C=O) groups is 2. The zero-order chi connectivity index (χ0) is 18.4. The molecule has 1 fully saturated rings. The van der Waals surface area contributed by atoms with E-state index < -0.39 is 0 Å². The molecule has 2 rings (SSSR count). The van der Waals surface area contributed by atoms with Gasteiger partial charge < -0.3 is 15.5 Å². The monoisotopic (exact) mass is 349 g/mol. The third-order valence-corrected chi connectivity index (χ3v) is 4.91. The number of carbonyl (C=O) groups excluding carboxylic acids is 2. The Morgan fingerprint density at radius 1 is 1.24 bits per heavy atom. The number of hydrogen-bond donors (Lipinski definition) is 2. The Bertz CT molecular complexity index is 609. The fraction of sp³-hybridized carbons (Fsp3) is 0.579. The molecule has 0 unspecified atom stereocenters. The van der Waals surface area contributed by atoms with Crippen molar-refractivity contribution in [1.29, 1.82) is 0 Å². The molecule has 1 aliphatic heterocycles. The average molecular weight is 349 g/mol. The summed E-state index contributed by atoms with van der Waals surface area (Å²) in [5, 5.41) is 5.56. The summed E-state index contributed by atoms with van der Waals surface area (Å²) in [6, 6.07) is 4.31. The number of nitrogens with zero attached hydrogens (tertiary/aromatic N) is 1. The van der Waals surface area contributed by atoms with E-state index in [1.807, 2.05) is 18.7 Å². The molecule has 2 N–H and O–H groups in total. The fourth-order valence-corrected chi connectivity index (χ4v) is 3.16. The van der Waals surface area contributed by atoms with E-state index in [-0.39, 0.29) is 29.7 Å². The second-order valence-electron chi connectivity index (χ2n) is 6.68. The molecule has 6 heteroatoms. The van der Waals surface area contributed by atoms with Crippen LogP contribution in [0.25, 0.3) is 0 Å². The fourth-order valence-electron chi connectivity index (χ4n) is 3.16. The molecule has 1 aromatic rings. The van der Waals surface area contributed by atoms with Gasteiger partial charge in [-0.3, -0.25) is 4.79 Å². The van der Waals surface area contributed by atoms with Crippen LogP contribution >= 0.6 is 0 Å². The summed E-state index contributed by atoms with van der Waals surface area (Å²) in [6.07, 6.45) is 3.20. The highest BCUT2D eigenvalue weighted by Crippen LogP contribution is 2.18. The summed E-state index contributed by atoms with van der Waals surface area (Å²) in [5.41, 5.74) is 0.974. The number of hydrogen-bond acceptors (Lipinski definition) is 2. The van der Waals surface area contributed by atoms with E-state index in [4.69, 9.17) is 0 Å². The number of likely N-dealkylation sites (tertiary alicyclic amines) is 1. The van der Waals surface area contributed by atoms with Crippen LogP contribution in [0.5, 0.6) is 0 Å². The van der Waals surface area contributed by atoms with Crippen LogP contribution in [-0.2, 0) is 4.79 Å². The minimum atomic E-state index is -0.342. The first-order valence-corrected chi connectivity index (χ1v) is 9.07. The maximum Gasteiger partial charge on any atom is 0.319 e. The van der Waals surface area contributed by atoms with Crippen LogP contribution in [0.15, 0.2) is 18.2 Å². The molecule has 0 spiro atoms. The SMILES string of the molecule is CCC(CC)C(=O)N1CCC(NC(=O)Nc2ccc(C)c(F)c2)CC1. The quantitative estimate of drug-likeness (QED) is 0.852. The molecule has 1 heterocycles. The largest absolute Gasteiger partial charge is 0.342 e. The molecule has 0 aromatic heterocycles. The van der Waals surface area contributed by atoms with Gasteiger partial charge in [0.2, 0.25) is 5.91 Å². The summed E-state index contributed by atoms with van der Waals surface area (Å²) < 4.78 is 13.5. The summed E-state index contributed by atoms with van der Waals surface area (Å²) in [4.78, 5) is 26.4. The van der Waals surface area contributed by atoms with E-state index in [9.17, 15) is 14.0 Å². The van der Waals surface area contributed by atoms with Crippen LogP contribution in [0.1, 0.15) is 45.1 Å². The topological polar surface area (TPSA) is 61.4 Å². The Labute approximate surface area is 149 Å². The first-order chi connectivity index (χ1) is 11.9. The average Bonchev–Trinajstić information content (AvgIpc) is 2.59. The van der Waals surface area contributed by atoms with Gasteiger partial charge in [0.05, 0.1) is 0 Å². The molecular weight excluding hydrogens is 321 g/mol. The lowest BCUT2D eigenvalue weighted by Gasteiger charge is -2.34.